The fraction of sp³-hybridized carbons (Fsp3) is 0.364. The van der Waals surface area contributed by atoms with Crippen LogP contribution in [0.15, 0.2) is 47.4 Å². The number of carbonyl (C=O) groups is 1. The molecule has 0 aliphatic carbocycles. The second kappa shape index (κ2) is 8.83. The highest BCUT2D eigenvalue weighted by Gasteiger charge is 2.41. The van der Waals surface area contributed by atoms with Crippen molar-refractivity contribution >= 4 is 54.2 Å². The Labute approximate surface area is 200 Å². The topological polar surface area (TPSA) is 73.8 Å². The first-order valence-corrected chi connectivity index (χ1v) is 13.3. The fourth-order valence-corrected chi connectivity index (χ4v) is 7.19. The number of rotatable bonds is 4. The lowest BCUT2D eigenvalue weighted by molar-refractivity contribution is -0.134. The van der Waals surface area contributed by atoms with Gasteiger partial charge in [-0.1, -0.05) is 29.0 Å². The summed E-state index contributed by atoms with van der Waals surface area (Å²) < 4.78 is 42.4. The molecule has 2 fully saturated rings. The van der Waals surface area contributed by atoms with Crippen molar-refractivity contribution in [2.24, 2.45) is 0 Å². The number of halogens is 2. The third kappa shape index (κ3) is 4.21. The standard InChI is InChI=1S/C22H22ClFN4O3S2/c23-15-6-8-16(9-7-15)33(30,31)28-10-2-4-18(28)21(29)26-11-13-27(14-12-26)22-25-20-17(24)3-1-5-19(20)32-22/h1,3,5-9,18H,2,4,10-14H2. The molecule has 7 nitrogen and oxygen atoms in total. The second-order valence-corrected chi connectivity index (χ2v) is 11.5. The van der Waals surface area contributed by atoms with Crippen molar-refractivity contribution in [2.45, 2.75) is 23.8 Å². The number of para-hydroxylation sites is 1. The van der Waals surface area contributed by atoms with Crippen molar-refractivity contribution in [3.8, 4) is 0 Å². The molecule has 5 rings (SSSR count). The van der Waals surface area contributed by atoms with Gasteiger partial charge in [0.05, 0.1) is 9.60 Å². The zero-order valence-electron chi connectivity index (χ0n) is 17.7. The predicted octanol–water partition coefficient (Wildman–Crippen LogP) is 3.59. The van der Waals surface area contributed by atoms with Gasteiger partial charge >= 0.3 is 0 Å². The van der Waals surface area contributed by atoms with Crippen LogP contribution in [0.3, 0.4) is 0 Å². The maximum Gasteiger partial charge on any atom is 0.243 e. The van der Waals surface area contributed by atoms with Crippen LogP contribution in [0.1, 0.15) is 12.8 Å². The molecule has 174 valence electrons. The minimum atomic E-state index is -3.79. The van der Waals surface area contributed by atoms with Gasteiger partial charge in [-0.3, -0.25) is 4.79 Å². The van der Waals surface area contributed by atoms with Gasteiger partial charge in [0.15, 0.2) is 5.13 Å². The highest BCUT2D eigenvalue weighted by Crippen LogP contribution is 2.32. The lowest BCUT2D eigenvalue weighted by Gasteiger charge is -2.37. The number of anilines is 1. The smallest absolute Gasteiger partial charge is 0.243 e. The number of hydrogen-bond donors (Lipinski definition) is 0. The molecule has 1 unspecified atom stereocenters. The maximum absolute atomic E-state index is 14.0. The van der Waals surface area contributed by atoms with E-state index in [1.54, 1.807) is 11.0 Å². The van der Waals surface area contributed by atoms with E-state index in [0.717, 1.165) is 9.83 Å². The molecule has 2 aromatic carbocycles. The summed E-state index contributed by atoms with van der Waals surface area (Å²) in [6.07, 6.45) is 1.14. The van der Waals surface area contributed by atoms with E-state index in [0.29, 0.717) is 56.1 Å². The molecule has 0 N–H and O–H groups in total. The zero-order chi connectivity index (χ0) is 23.2. The van der Waals surface area contributed by atoms with Gasteiger partial charge in [-0.05, 0) is 49.2 Å². The van der Waals surface area contributed by atoms with Crippen molar-refractivity contribution < 1.29 is 17.6 Å². The van der Waals surface area contributed by atoms with Gasteiger partial charge in [-0.2, -0.15) is 4.31 Å². The minimum absolute atomic E-state index is 0.138. The van der Waals surface area contributed by atoms with E-state index in [4.69, 9.17) is 11.6 Å². The Balaban J connectivity index is 1.28. The van der Waals surface area contributed by atoms with E-state index >= 15 is 0 Å². The van der Waals surface area contributed by atoms with Crippen molar-refractivity contribution in [1.29, 1.82) is 0 Å². The maximum atomic E-state index is 14.0. The SMILES string of the molecule is O=C(C1CCCN1S(=O)(=O)c1ccc(Cl)cc1)N1CCN(c2nc3c(F)cccc3s2)CC1. The number of amides is 1. The van der Waals surface area contributed by atoms with Crippen LogP contribution >= 0.6 is 22.9 Å². The molecule has 2 saturated heterocycles. The zero-order valence-corrected chi connectivity index (χ0v) is 20.0. The first-order chi connectivity index (χ1) is 15.8. The van der Waals surface area contributed by atoms with Crippen LogP contribution in [0.2, 0.25) is 5.02 Å². The molecular weight excluding hydrogens is 487 g/mol. The summed E-state index contributed by atoms with van der Waals surface area (Å²) in [6, 6.07) is 10.2. The Bertz CT molecular complexity index is 1290. The van der Waals surface area contributed by atoms with Crippen molar-refractivity contribution in [1.82, 2.24) is 14.2 Å². The summed E-state index contributed by atoms with van der Waals surface area (Å²) in [5.74, 6) is -0.507. The Morgan fingerprint density at radius 2 is 1.79 bits per heavy atom. The van der Waals surface area contributed by atoms with Crippen LogP contribution < -0.4 is 4.90 Å². The Kier molecular flexibility index (Phi) is 6.02. The molecule has 33 heavy (non-hydrogen) atoms. The van der Waals surface area contributed by atoms with E-state index in [9.17, 15) is 17.6 Å². The largest absolute Gasteiger partial charge is 0.345 e. The average molecular weight is 509 g/mol. The average Bonchev–Trinajstić information content (AvgIpc) is 3.48. The van der Waals surface area contributed by atoms with E-state index in [1.165, 1.54) is 46.0 Å². The molecule has 1 amide bonds. The number of nitrogens with zero attached hydrogens (tertiary/aromatic N) is 4. The summed E-state index contributed by atoms with van der Waals surface area (Å²) in [5, 5.41) is 1.19. The molecular formula is C22H22ClFN4O3S2. The second-order valence-electron chi connectivity index (χ2n) is 8.12. The van der Waals surface area contributed by atoms with E-state index < -0.39 is 16.1 Å². The number of fused-ring (bicyclic) bond motifs is 1. The Morgan fingerprint density at radius 1 is 1.06 bits per heavy atom. The molecule has 3 aromatic rings. The third-order valence-corrected chi connectivity index (χ3v) is 9.39. The third-order valence-electron chi connectivity index (χ3n) is 6.13. The molecule has 2 aliphatic heterocycles. The van der Waals surface area contributed by atoms with Crippen LogP contribution in [0.4, 0.5) is 9.52 Å². The fourth-order valence-electron chi connectivity index (χ4n) is 4.38. The van der Waals surface area contributed by atoms with Gasteiger partial charge in [0, 0.05) is 37.7 Å². The quantitative estimate of drug-likeness (QED) is 0.538. The Morgan fingerprint density at radius 3 is 2.48 bits per heavy atom. The molecule has 0 bridgehead atoms. The van der Waals surface area contributed by atoms with E-state index in [2.05, 4.69) is 4.98 Å². The summed E-state index contributed by atoms with van der Waals surface area (Å²) in [5.41, 5.74) is 0.366. The monoisotopic (exact) mass is 508 g/mol. The van der Waals surface area contributed by atoms with Gasteiger partial charge in [-0.25, -0.2) is 17.8 Å². The number of thiazole rings is 1. The van der Waals surface area contributed by atoms with Gasteiger partial charge in [0.2, 0.25) is 15.9 Å². The van der Waals surface area contributed by atoms with Crippen molar-refractivity contribution in [3.05, 3.63) is 53.3 Å². The molecule has 0 radical (unpaired) electrons. The van der Waals surface area contributed by atoms with Crippen molar-refractivity contribution in [2.75, 3.05) is 37.6 Å². The first kappa shape index (κ1) is 22.5. The van der Waals surface area contributed by atoms with E-state index in [1.807, 2.05) is 11.0 Å². The van der Waals surface area contributed by atoms with Crippen LogP contribution in [-0.4, -0.2) is 67.3 Å². The molecule has 0 spiro atoms. The van der Waals surface area contributed by atoms with Crippen LogP contribution in [-0.2, 0) is 14.8 Å². The number of sulfonamides is 1. The van der Waals surface area contributed by atoms with Crippen LogP contribution in [0.5, 0.6) is 0 Å². The number of hydrogen-bond acceptors (Lipinski definition) is 6. The number of piperazine rings is 1. The number of benzene rings is 2. The Hall–Kier alpha value is -2.27. The number of aromatic nitrogens is 1. The minimum Gasteiger partial charge on any atom is -0.345 e. The van der Waals surface area contributed by atoms with Gasteiger partial charge < -0.3 is 9.80 Å². The number of carbonyl (C=O) groups excluding carboxylic acids is 1. The summed E-state index contributed by atoms with van der Waals surface area (Å²) in [4.78, 5) is 21.6. The highest BCUT2D eigenvalue weighted by molar-refractivity contribution is 7.89. The molecule has 11 heteroatoms. The lowest BCUT2D eigenvalue weighted by atomic mass is 10.2. The highest BCUT2D eigenvalue weighted by atomic mass is 35.5. The van der Waals surface area contributed by atoms with Gasteiger partial charge in [0.1, 0.15) is 17.4 Å². The summed E-state index contributed by atoms with van der Waals surface area (Å²) >= 11 is 7.32. The van der Waals surface area contributed by atoms with Crippen LogP contribution in [0, 0.1) is 5.82 Å². The van der Waals surface area contributed by atoms with Gasteiger partial charge in [0.25, 0.3) is 0 Å². The van der Waals surface area contributed by atoms with E-state index in [-0.39, 0.29) is 16.6 Å². The van der Waals surface area contributed by atoms with Crippen LogP contribution in [0.25, 0.3) is 10.2 Å². The molecule has 3 heterocycles. The first-order valence-electron chi connectivity index (χ1n) is 10.7. The lowest BCUT2D eigenvalue weighted by Crippen LogP contribution is -2.54. The summed E-state index contributed by atoms with van der Waals surface area (Å²) in [6.45, 7) is 2.36. The van der Waals surface area contributed by atoms with Gasteiger partial charge in [-0.15, -0.1) is 0 Å². The summed E-state index contributed by atoms with van der Waals surface area (Å²) in [7, 11) is -3.79. The van der Waals surface area contributed by atoms with Crippen molar-refractivity contribution in [3.63, 3.8) is 0 Å². The normalized spacial score (nSPS) is 20.0. The predicted molar refractivity (Wildman–Crippen MR) is 127 cm³/mol. The molecule has 1 atom stereocenters. The molecule has 1 aromatic heterocycles. The molecule has 0 saturated carbocycles. The molecule has 2 aliphatic rings.